The van der Waals surface area contributed by atoms with E-state index in [9.17, 15) is 0 Å². The van der Waals surface area contributed by atoms with E-state index in [1.165, 1.54) is 22.3 Å². The molecule has 8 aromatic rings. The van der Waals surface area contributed by atoms with Gasteiger partial charge in [-0.15, -0.1) is 0 Å². The first-order valence-electron chi connectivity index (χ1n) is 24.6. The summed E-state index contributed by atoms with van der Waals surface area (Å²) in [5.41, 5.74) is 23.7. The highest BCUT2D eigenvalue weighted by atomic mass is 14.3. The number of allylic oxidation sites excluding steroid dienone is 8. The summed E-state index contributed by atoms with van der Waals surface area (Å²) < 4.78 is 0. The Labute approximate surface area is 428 Å². The molecule has 72 heavy (non-hydrogen) atoms. The Bertz CT molecular complexity index is 3170. The molecule has 9 rings (SSSR count). The van der Waals surface area contributed by atoms with Gasteiger partial charge in [-0.1, -0.05) is 237 Å². The van der Waals surface area contributed by atoms with Crippen molar-refractivity contribution < 1.29 is 0 Å². The van der Waals surface area contributed by atoms with Crippen molar-refractivity contribution in [1.82, 2.24) is 0 Å². The van der Waals surface area contributed by atoms with Gasteiger partial charge >= 0.3 is 0 Å². The van der Waals surface area contributed by atoms with Gasteiger partial charge in [0.1, 0.15) is 0 Å². The zero-order valence-corrected chi connectivity index (χ0v) is 42.5. The highest BCUT2D eigenvalue weighted by molar-refractivity contribution is 6.16. The molecule has 0 heteroatoms. The van der Waals surface area contributed by atoms with Crippen LogP contribution in [-0.2, 0) is 0 Å². The average Bonchev–Trinajstić information content (AvgIpc) is 3.38. The Morgan fingerprint density at radius 1 is 0.167 bits per heavy atom. The quantitative estimate of drug-likeness (QED) is 0.154. The second-order valence-corrected chi connectivity index (χ2v) is 18.9. The van der Waals surface area contributed by atoms with E-state index in [1.807, 2.05) is 0 Å². The normalized spacial score (nSPS) is 14.3. The van der Waals surface area contributed by atoms with E-state index >= 15 is 0 Å². The molecule has 344 valence electrons. The number of hydrogen-bond acceptors (Lipinski definition) is 0. The summed E-state index contributed by atoms with van der Waals surface area (Å²) in [6.45, 7) is 17.0. The molecule has 0 saturated carbocycles. The van der Waals surface area contributed by atoms with Crippen molar-refractivity contribution >= 4 is 22.3 Å². The molecule has 0 N–H and O–H groups in total. The van der Waals surface area contributed by atoms with Gasteiger partial charge in [0, 0.05) is 66.8 Å². The third kappa shape index (κ3) is 11.3. The molecule has 0 spiro atoms. The van der Waals surface area contributed by atoms with Crippen molar-refractivity contribution in [1.29, 1.82) is 0 Å². The maximum absolute atomic E-state index is 3.91. The van der Waals surface area contributed by atoms with E-state index in [0.717, 1.165) is 111 Å². The highest BCUT2D eigenvalue weighted by Crippen LogP contribution is 2.48. The third-order valence-electron chi connectivity index (χ3n) is 12.9. The lowest BCUT2D eigenvalue weighted by Gasteiger charge is -2.27. The average molecular weight is 921 g/mol. The lowest BCUT2D eigenvalue weighted by molar-refractivity contribution is 1.41. The van der Waals surface area contributed by atoms with Crippen LogP contribution in [0, 0.1) is 103 Å². The van der Waals surface area contributed by atoms with Crippen LogP contribution in [0.4, 0.5) is 0 Å². The summed E-state index contributed by atoms with van der Waals surface area (Å²) in [5, 5.41) is 0. The van der Waals surface area contributed by atoms with Crippen LogP contribution in [0.2, 0.25) is 0 Å². The Hall–Kier alpha value is -9.04. The molecule has 1 aliphatic carbocycles. The molecule has 0 amide bonds. The summed E-state index contributed by atoms with van der Waals surface area (Å²) in [6.07, 6.45) is 0. The topological polar surface area (TPSA) is 0 Å². The number of hydrogen-bond donors (Lipinski definition) is 0. The fourth-order valence-electron chi connectivity index (χ4n) is 8.62. The second kappa shape index (κ2) is 21.7. The Morgan fingerprint density at radius 2 is 0.306 bits per heavy atom. The molecular weight excluding hydrogens is 865 g/mol. The van der Waals surface area contributed by atoms with Crippen molar-refractivity contribution in [2.45, 2.75) is 55.4 Å². The van der Waals surface area contributed by atoms with E-state index < -0.39 is 0 Å². The minimum atomic E-state index is 0.810. The molecular formula is C72H56. The zero-order chi connectivity index (χ0) is 50.1. The number of benzene rings is 8. The first-order valence-corrected chi connectivity index (χ1v) is 24.6. The molecule has 0 nitrogen and oxygen atoms in total. The predicted molar refractivity (Wildman–Crippen MR) is 305 cm³/mol. The van der Waals surface area contributed by atoms with Crippen molar-refractivity contribution in [3.63, 3.8) is 0 Å². The lowest BCUT2D eigenvalue weighted by Crippen LogP contribution is -2.10. The van der Waals surface area contributed by atoms with Crippen molar-refractivity contribution in [3.05, 3.63) is 305 Å². The summed E-state index contributed by atoms with van der Waals surface area (Å²) in [5.74, 6) is 30.4. The minimum absolute atomic E-state index is 0.810. The monoisotopic (exact) mass is 920 g/mol. The van der Waals surface area contributed by atoms with Gasteiger partial charge in [0.15, 0.2) is 0 Å². The van der Waals surface area contributed by atoms with Crippen LogP contribution in [0.5, 0.6) is 0 Å². The van der Waals surface area contributed by atoms with Gasteiger partial charge in [-0.25, -0.2) is 0 Å². The van der Waals surface area contributed by atoms with Gasteiger partial charge < -0.3 is 0 Å². The van der Waals surface area contributed by atoms with Crippen LogP contribution in [0.15, 0.2) is 216 Å². The second-order valence-electron chi connectivity index (χ2n) is 18.9. The number of aryl methyl sites for hydroxylation is 8. The van der Waals surface area contributed by atoms with Crippen molar-refractivity contribution in [3.8, 4) is 47.4 Å². The molecule has 8 aromatic carbocycles. The van der Waals surface area contributed by atoms with Gasteiger partial charge in [0.2, 0.25) is 0 Å². The molecule has 0 fully saturated rings. The molecule has 0 radical (unpaired) electrons. The maximum atomic E-state index is 3.91. The molecule has 0 aliphatic heterocycles. The van der Waals surface area contributed by atoms with E-state index in [0.29, 0.717) is 0 Å². The summed E-state index contributed by atoms with van der Waals surface area (Å²) in [7, 11) is 0. The third-order valence-corrected chi connectivity index (χ3v) is 12.9. The van der Waals surface area contributed by atoms with Crippen LogP contribution in [-0.4, -0.2) is 0 Å². The van der Waals surface area contributed by atoms with Gasteiger partial charge in [-0.2, -0.15) is 0 Å². The Balaban J connectivity index is 1.61. The van der Waals surface area contributed by atoms with Gasteiger partial charge in [0.05, 0.1) is 0 Å². The highest BCUT2D eigenvalue weighted by Gasteiger charge is 2.31. The van der Waals surface area contributed by atoms with E-state index in [-0.39, 0.29) is 0 Å². The van der Waals surface area contributed by atoms with Crippen LogP contribution in [0.3, 0.4) is 0 Å². The van der Waals surface area contributed by atoms with Gasteiger partial charge in [-0.3, -0.25) is 0 Å². The first kappa shape index (κ1) is 48.0. The SMILES string of the molecule is Cc1ccc(C#CC2=C(c3ccc(C)cc3)/C(C#Cc3ccc(C)cc3)=C(c3ccc(C)cc3)\C(C#Cc3ccc(C)cc3)=C(\c3ccc(C)cc3)C(C#Cc3ccc(C)cc3)=C2c2ccc(C)cc2)cc1. The van der Waals surface area contributed by atoms with E-state index in [4.69, 9.17) is 0 Å². The standard InChI is InChI=1S/C72H56/c1-49-9-25-57(26-10-49)33-45-65-69(61-37-17-53(5)18-38-61)66(46-34-58-27-11-50(2)12-28-58)71(63-41-21-55(7)22-42-63)68(48-36-60-31-15-52(4)16-32-60)72(64-43-23-56(8)24-44-64)67(47-35-59-29-13-51(3)14-30-59)70(65)62-39-19-54(6)20-40-62/h9-32,37-44H,1-8H3/b69-65-,69-66?,70-65?,70-67-,71-66?,71-68?,72-67?,72-68?. The van der Waals surface area contributed by atoms with Crippen LogP contribution >= 0.6 is 0 Å². The van der Waals surface area contributed by atoms with Crippen LogP contribution < -0.4 is 0 Å². The van der Waals surface area contributed by atoms with Crippen molar-refractivity contribution in [2.24, 2.45) is 0 Å². The van der Waals surface area contributed by atoms with Gasteiger partial charge in [0.25, 0.3) is 0 Å². The lowest BCUT2D eigenvalue weighted by atomic mass is 9.74. The predicted octanol–water partition coefficient (Wildman–Crippen LogP) is 16.5. The molecule has 0 saturated heterocycles. The largest absolute Gasteiger partial charge is 0.0616 e. The minimum Gasteiger partial charge on any atom is -0.0616 e. The smallest absolute Gasteiger partial charge is 0.0431 e. The Morgan fingerprint density at radius 3 is 0.458 bits per heavy atom. The van der Waals surface area contributed by atoms with Gasteiger partial charge in [-0.05, 0) is 126 Å². The molecule has 0 heterocycles. The van der Waals surface area contributed by atoms with Crippen LogP contribution in [0.25, 0.3) is 22.3 Å². The molecule has 0 aromatic heterocycles. The number of rotatable bonds is 4. The summed E-state index contributed by atoms with van der Waals surface area (Å²) in [4.78, 5) is 0. The molecule has 0 unspecified atom stereocenters. The van der Waals surface area contributed by atoms with Crippen molar-refractivity contribution in [2.75, 3.05) is 0 Å². The fourth-order valence-corrected chi connectivity index (χ4v) is 8.62. The summed E-state index contributed by atoms with van der Waals surface area (Å²) >= 11 is 0. The van der Waals surface area contributed by atoms with Crippen LogP contribution in [0.1, 0.15) is 89.0 Å². The first-order chi connectivity index (χ1) is 34.9. The fraction of sp³-hybridized carbons (Fsp3) is 0.111. The molecule has 1 aliphatic rings. The molecule has 0 atom stereocenters. The zero-order valence-electron chi connectivity index (χ0n) is 42.5. The Kier molecular flexibility index (Phi) is 14.5. The summed E-state index contributed by atoms with van der Waals surface area (Å²) in [6, 6.07) is 69.0. The molecule has 0 bridgehead atoms. The van der Waals surface area contributed by atoms with E-state index in [1.54, 1.807) is 0 Å². The van der Waals surface area contributed by atoms with E-state index in [2.05, 4.69) is 297 Å². The maximum Gasteiger partial charge on any atom is 0.0431 e.